The van der Waals surface area contributed by atoms with Gasteiger partial charge in [0.2, 0.25) is 0 Å². The number of anilines is 1. The molecule has 8 heteroatoms. The van der Waals surface area contributed by atoms with Crippen molar-refractivity contribution in [3.8, 4) is 0 Å². The SMILES string of the molecule is Cn1cc(C(=O)Nc2cccc(Cl)c2Cl)c(C(=O)O)n1. The van der Waals surface area contributed by atoms with E-state index in [-0.39, 0.29) is 21.3 Å². The van der Waals surface area contributed by atoms with E-state index in [2.05, 4.69) is 10.4 Å². The lowest BCUT2D eigenvalue weighted by molar-refractivity contribution is 0.0685. The molecule has 0 saturated carbocycles. The van der Waals surface area contributed by atoms with Crippen molar-refractivity contribution in [2.24, 2.45) is 7.05 Å². The van der Waals surface area contributed by atoms with Crippen LogP contribution in [0.5, 0.6) is 0 Å². The number of hydrogen-bond donors (Lipinski definition) is 2. The molecular weight excluding hydrogens is 305 g/mol. The Labute approximate surface area is 123 Å². The third-order valence-electron chi connectivity index (χ3n) is 2.48. The number of carbonyl (C=O) groups excluding carboxylic acids is 1. The number of benzene rings is 1. The summed E-state index contributed by atoms with van der Waals surface area (Å²) in [5.41, 5.74) is -0.0939. The Morgan fingerprint density at radius 3 is 2.70 bits per heavy atom. The predicted octanol–water partition coefficient (Wildman–Crippen LogP) is 2.68. The molecule has 0 saturated heterocycles. The highest BCUT2D eigenvalue weighted by atomic mass is 35.5. The van der Waals surface area contributed by atoms with E-state index in [1.165, 1.54) is 17.9 Å². The number of carbonyl (C=O) groups is 2. The van der Waals surface area contributed by atoms with Gasteiger partial charge in [-0.3, -0.25) is 9.48 Å². The Kier molecular flexibility index (Phi) is 3.96. The number of aromatic carboxylic acids is 1. The van der Waals surface area contributed by atoms with Crippen LogP contribution in [0.2, 0.25) is 10.0 Å². The Morgan fingerprint density at radius 1 is 1.35 bits per heavy atom. The summed E-state index contributed by atoms with van der Waals surface area (Å²) in [6, 6.07) is 4.75. The summed E-state index contributed by atoms with van der Waals surface area (Å²) in [5.74, 6) is -1.91. The van der Waals surface area contributed by atoms with Gasteiger partial charge in [0.25, 0.3) is 5.91 Å². The van der Waals surface area contributed by atoms with Crippen molar-refractivity contribution in [1.29, 1.82) is 0 Å². The van der Waals surface area contributed by atoms with E-state index < -0.39 is 11.9 Å². The average Bonchev–Trinajstić information content (AvgIpc) is 2.77. The first-order valence-electron chi connectivity index (χ1n) is 5.42. The minimum atomic E-state index is -1.28. The molecule has 0 aliphatic rings. The van der Waals surface area contributed by atoms with E-state index in [0.717, 1.165) is 0 Å². The minimum Gasteiger partial charge on any atom is -0.476 e. The number of aryl methyl sites for hydroxylation is 1. The Hall–Kier alpha value is -2.05. The number of aromatic nitrogens is 2. The van der Waals surface area contributed by atoms with Crippen molar-refractivity contribution in [3.63, 3.8) is 0 Å². The lowest BCUT2D eigenvalue weighted by atomic mass is 10.2. The summed E-state index contributed by atoms with van der Waals surface area (Å²) in [6.07, 6.45) is 1.32. The van der Waals surface area contributed by atoms with Crippen LogP contribution in [0.25, 0.3) is 0 Å². The summed E-state index contributed by atoms with van der Waals surface area (Å²) in [7, 11) is 1.52. The van der Waals surface area contributed by atoms with Gasteiger partial charge in [-0.2, -0.15) is 5.10 Å². The van der Waals surface area contributed by atoms with Gasteiger partial charge in [0.15, 0.2) is 5.69 Å². The van der Waals surface area contributed by atoms with E-state index in [9.17, 15) is 9.59 Å². The normalized spacial score (nSPS) is 10.3. The topological polar surface area (TPSA) is 84.2 Å². The molecule has 2 N–H and O–H groups in total. The van der Waals surface area contributed by atoms with Gasteiger partial charge in [-0.1, -0.05) is 29.3 Å². The number of carboxylic acid groups (broad SMARTS) is 1. The van der Waals surface area contributed by atoms with Crippen LogP contribution in [0, 0.1) is 0 Å². The van der Waals surface area contributed by atoms with Crippen LogP contribution in [0.1, 0.15) is 20.8 Å². The van der Waals surface area contributed by atoms with Crippen LogP contribution in [0.15, 0.2) is 24.4 Å². The number of hydrogen-bond acceptors (Lipinski definition) is 3. The van der Waals surface area contributed by atoms with E-state index >= 15 is 0 Å². The lowest BCUT2D eigenvalue weighted by Crippen LogP contribution is -2.15. The molecule has 2 rings (SSSR count). The summed E-state index contributed by atoms with van der Waals surface area (Å²) >= 11 is 11.8. The smallest absolute Gasteiger partial charge is 0.357 e. The third kappa shape index (κ3) is 2.76. The molecule has 0 aliphatic heterocycles. The quantitative estimate of drug-likeness (QED) is 0.912. The maximum absolute atomic E-state index is 12.1. The van der Waals surface area contributed by atoms with E-state index in [1.54, 1.807) is 18.2 Å². The first-order chi connectivity index (χ1) is 9.40. The fraction of sp³-hybridized carbons (Fsp3) is 0.0833. The van der Waals surface area contributed by atoms with Crippen molar-refractivity contribution in [2.45, 2.75) is 0 Å². The number of amides is 1. The standard InChI is InChI=1S/C12H9Cl2N3O3/c1-17-5-6(10(16-17)12(19)20)11(18)15-8-4-2-3-7(13)9(8)14/h2-5H,1H3,(H,15,18)(H,19,20). The number of nitrogens with one attached hydrogen (secondary N) is 1. The zero-order valence-corrected chi connectivity index (χ0v) is 11.7. The Bertz CT molecular complexity index is 697. The van der Waals surface area contributed by atoms with Crippen LogP contribution < -0.4 is 5.32 Å². The van der Waals surface area contributed by atoms with Gasteiger partial charge >= 0.3 is 5.97 Å². The molecule has 20 heavy (non-hydrogen) atoms. The van der Waals surface area contributed by atoms with E-state index in [1.807, 2.05) is 0 Å². The molecule has 0 aliphatic carbocycles. The maximum atomic E-state index is 12.1. The minimum absolute atomic E-state index is 0.0592. The number of carboxylic acids is 1. The second kappa shape index (κ2) is 5.52. The summed E-state index contributed by atoms with van der Waals surface area (Å²) < 4.78 is 1.25. The molecule has 1 heterocycles. The predicted molar refractivity (Wildman–Crippen MR) is 74.6 cm³/mol. The summed E-state index contributed by atoms with van der Waals surface area (Å²) in [5, 5.41) is 15.7. The van der Waals surface area contributed by atoms with Crippen molar-refractivity contribution in [2.75, 3.05) is 5.32 Å². The van der Waals surface area contributed by atoms with Crippen LogP contribution >= 0.6 is 23.2 Å². The molecule has 104 valence electrons. The van der Waals surface area contributed by atoms with Gasteiger partial charge < -0.3 is 10.4 Å². The van der Waals surface area contributed by atoms with Gasteiger partial charge in [-0.25, -0.2) is 4.79 Å². The molecule has 6 nitrogen and oxygen atoms in total. The molecule has 2 aromatic rings. The average molecular weight is 314 g/mol. The highest BCUT2D eigenvalue weighted by molar-refractivity contribution is 6.44. The monoisotopic (exact) mass is 313 g/mol. The van der Waals surface area contributed by atoms with Gasteiger partial charge in [0, 0.05) is 13.2 Å². The van der Waals surface area contributed by atoms with E-state index in [0.29, 0.717) is 5.69 Å². The molecule has 0 atom stereocenters. The van der Waals surface area contributed by atoms with Gasteiger partial charge in [-0.15, -0.1) is 0 Å². The number of rotatable bonds is 3. The Balaban J connectivity index is 2.33. The summed E-state index contributed by atoms with van der Waals surface area (Å²) in [6.45, 7) is 0. The molecule has 0 fully saturated rings. The molecule has 1 aromatic heterocycles. The fourth-order valence-electron chi connectivity index (χ4n) is 1.60. The molecule has 0 bridgehead atoms. The second-order valence-corrected chi connectivity index (χ2v) is 4.71. The third-order valence-corrected chi connectivity index (χ3v) is 3.29. The number of nitrogens with zero attached hydrogens (tertiary/aromatic N) is 2. The lowest BCUT2D eigenvalue weighted by Gasteiger charge is -2.07. The van der Waals surface area contributed by atoms with E-state index in [4.69, 9.17) is 28.3 Å². The second-order valence-electron chi connectivity index (χ2n) is 3.93. The van der Waals surface area contributed by atoms with Crippen LogP contribution in [-0.4, -0.2) is 26.8 Å². The molecule has 0 spiro atoms. The van der Waals surface area contributed by atoms with Crippen molar-refractivity contribution >= 4 is 40.8 Å². The highest BCUT2D eigenvalue weighted by Crippen LogP contribution is 2.29. The summed E-state index contributed by atoms with van der Waals surface area (Å²) in [4.78, 5) is 23.1. The highest BCUT2D eigenvalue weighted by Gasteiger charge is 2.21. The fourth-order valence-corrected chi connectivity index (χ4v) is 1.95. The first kappa shape index (κ1) is 14.4. The van der Waals surface area contributed by atoms with Crippen molar-refractivity contribution in [1.82, 2.24) is 9.78 Å². The Morgan fingerprint density at radius 2 is 2.05 bits per heavy atom. The zero-order chi connectivity index (χ0) is 14.9. The largest absolute Gasteiger partial charge is 0.476 e. The van der Waals surface area contributed by atoms with Crippen molar-refractivity contribution < 1.29 is 14.7 Å². The maximum Gasteiger partial charge on any atom is 0.357 e. The molecule has 0 radical (unpaired) electrons. The van der Waals surface area contributed by atoms with Crippen molar-refractivity contribution in [3.05, 3.63) is 45.7 Å². The number of halogens is 2. The molecule has 0 unspecified atom stereocenters. The zero-order valence-electron chi connectivity index (χ0n) is 10.2. The van der Waals surface area contributed by atoms with Crippen LogP contribution in [0.4, 0.5) is 5.69 Å². The van der Waals surface area contributed by atoms with Gasteiger partial charge in [0.05, 0.1) is 21.3 Å². The molecular formula is C12H9Cl2N3O3. The van der Waals surface area contributed by atoms with Gasteiger partial charge in [-0.05, 0) is 12.1 Å². The first-order valence-corrected chi connectivity index (χ1v) is 6.18. The van der Waals surface area contributed by atoms with Gasteiger partial charge in [0.1, 0.15) is 0 Å². The molecule has 1 amide bonds. The van der Waals surface area contributed by atoms with Crippen LogP contribution in [0.3, 0.4) is 0 Å². The molecule has 1 aromatic carbocycles. The van der Waals surface area contributed by atoms with Crippen LogP contribution in [-0.2, 0) is 7.05 Å².